The third-order valence-corrected chi connectivity index (χ3v) is 4.30. The molecule has 0 unspecified atom stereocenters. The highest BCUT2D eigenvalue weighted by Crippen LogP contribution is 2.17. The van der Waals surface area contributed by atoms with Crippen LogP contribution >= 0.6 is 15.9 Å². The molecule has 108 valence electrons. The number of likely N-dealkylation sites (tertiary alicyclic amines) is 1. The van der Waals surface area contributed by atoms with Gasteiger partial charge in [0.25, 0.3) is 5.91 Å². The largest absolute Gasteiger partial charge is 0.349 e. The van der Waals surface area contributed by atoms with E-state index in [1.54, 1.807) is 6.07 Å². The molecule has 0 aliphatic carbocycles. The van der Waals surface area contributed by atoms with Crippen LogP contribution in [0.4, 0.5) is 0 Å². The molecule has 1 aliphatic heterocycles. The fourth-order valence-electron chi connectivity index (χ4n) is 2.41. The summed E-state index contributed by atoms with van der Waals surface area (Å²) in [5.41, 5.74) is 0.652. The van der Waals surface area contributed by atoms with E-state index < -0.39 is 0 Å². The normalized spacial score (nSPS) is 16.0. The minimum atomic E-state index is -0.0576. The number of halogens is 1. The molecule has 2 rings (SSSR count). The van der Waals surface area contributed by atoms with Gasteiger partial charge in [-0.25, -0.2) is 0 Å². The Balaban J connectivity index is 1.88. The number of nitrogens with one attached hydrogen (secondary N) is 1. The molecular formula is C15H19BrN2O2. The summed E-state index contributed by atoms with van der Waals surface area (Å²) in [5.74, 6) is 0.137. The van der Waals surface area contributed by atoms with Gasteiger partial charge in [-0.3, -0.25) is 9.59 Å². The number of amides is 2. The van der Waals surface area contributed by atoms with Crippen molar-refractivity contribution in [1.29, 1.82) is 0 Å². The zero-order valence-electron chi connectivity index (χ0n) is 11.6. The third kappa shape index (κ3) is 3.60. The second-order valence-corrected chi connectivity index (χ2v) is 5.82. The topological polar surface area (TPSA) is 49.4 Å². The fourth-order valence-corrected chi connectivity index (χ4v) is 2.87. The van der Waals surface area contributed by atoms with E-state index in [9.17, 15) is 9.59 Å². The first kappa shape index (κ1) is 15.0. The van der Waals surface area contributed by atoms with Crippen molar-refractivity contribution in [3.63, 3.8) is 0 Å². The minimum absolute atomic E-state index is 0.0576. The first-order valence-corrected chi connectivity index (χ1v) is 7.74. The highest BCUT2D eigenvalue weighted by Gasteiger charge is 2.23. The lowest BCUT2D eigenvalue weighted by atomic mass is 10.0. The molecule has 20 heavy (non-hydrogen) atoms. The van der Waals surface area contributed by atoms with E-state index in [0.717, 1.165) is 30.4 Å². The van der Waals surface area contributed by atoms with Crippen LogP contribution < -0.4 is 5.32 Å². The Bertz CT molecular complexity index is 496. The number of piperidine rings is 1. The van der Waals surface area contributed by atoms with Crippen LogP contribution in [0.5, 0.6) is 0 Å². The molecule has 0 aromatic heterocycles. The van der Waals surface area contributed by atoms with Gasteiger partial charge in [-0.1, -0.05) is 19.1 Å². The van der Waals surface area contributed by atoms with Gasteiger partial charge in [-0.15, -0.1) is 0 Å². The van der Waals surface area contributed by atoms with Crippen LogP contribution in [-0.2, 0) is 4.79 Å². The fraction of sp³-hybridized carbons (Fsp3) is 0.467. The average Bonchev–Trinajstić information content (AvgIpc) is 2.47. The molecule has 0 bridgehead atoms. The molecule has 1 aromatic rings. The molecule has 1 N–H and O–H groups in total. The Morgan fingerprint density at radius 2 is 1.95 bits per heavy atom. The van der Waals surface area contributed by atoms with Crippen LogP contribution in [0.2, 0.25) is 0 Å². The summed E-state index contributed by atoms with van der Waals surface area (Å²) >= 11 is 3.39. The quantitative estimate of drug-likeness (QED) is 0.920. The van der Waals surface area contributed by atoms with Crippen molar-refractivity contribution in [3.05, 3.63) is 34.3 Å². The van der Waals surface area contributed by atoms with Crippen molar-refractivity contribution < 1.29 is 9.59 Å². The van der Waals surface area contributed by atoms with Crippen LogP contribution in [0.3, 0.4) is 0 Å². The number of nitrogens with zero attached hydrogens (tertiary/aromatic N) is 1. The van der Waals surface area contributed by atoms with E-state index in [0.29, 0.717) is 12.0 Å². The molecular weight excluding hydrogens is 320 g/mol. The number of rotatable bonds is 3. The second-order valence-electron chi connectivity index (χ2n) is 4.96. The van der Waals surface area contributed by atoms with E-state index in [2.05, 4.69) is 21.2 Å². The molecule has 0 spiro atoms. The van der Waals surface area contributed by atoms with E-state index in [4.69, 9.17) is 0 Å². The molecule has 1 saturated heterocycles. The zero-order valence-corrected chi connectivity index (χ0v) is 13.1. The van der Waals surface area contributed by atoms with Crippen LogP contribution in [0.25, 0.3) is 0 Å². The number of benzene rings is 1. The summed E-state index contributed by atoms with van der Waals surface area (Å²) < 4.78 is 0.802. The SMILES string of the molecule is CCC(=O)N1CCC(NC(=O)c2ccccc2Br)CC1. The molecule has 0 atom stereocenters. The standard InChI is InChI=1S/C15H19BrN2O2/c1-2-14(19)18-9-7-11(8-10-18)17-15(20)12-5-3-4-6-13(12)16/h3-6,11H,2,7-10H2,1H3,(H,17,20). The van der Waals surface area contributed by atoms with Crippen molar-refractivity contribution in [2.45, 2.75) is 32.2 Å². The lowest BCUT2D eigenvalue weighted by Crippen LogP contribution is -2.46. The van der Waals surface area contributed by atoms with Crippen molar-refractivity contribution >= 4 is 27.7 Å². The van der Waals surface area contributed by atoms with Gasteiger partial charge in [0, 0.05) is 30.0 Å². The van der Waals surface area contributed by atoms with Crippen LogP contribution in [0.1, 0.15) is 36.5 Å². The molecule has 0 radical (unpaired) electrons. The molecule has 1 fully saturated rings. The van der Waals surface area contributed by atoms with Crippen molar-refractivity contribution in [2.24, 2.45) is 0 Å². The molecule has 4 nitrogen and oxygen atoms in total. The Kier molecular flexibility index (Phi) is 5.17. The molecule has 5 heteroatoms. The average molecular weight is 339 g/mol. The Labute approximate surface area is 127 Å². The van der Waals surface area contributed by atoms with Gasteiger partial charge in [0.1, 0.15) is 0 Å². The highest BCUT2D eigenvalue weighted by molar-refractivity contribution is 9.10. The summed E-state index contributed by atoms with van der Waals surface area (Å²) in [7, 11) is 0. The number of carbonyl (C=O) groups is 2. The Hall–Kier alpha value is -1.36. The van der Waals surface area contributed by atoms with Crippen LogP contribution in [0.15, 0.2) is 28.7 Å². The summed E-state index contributed by atoms with van der Waals surface area (Å²) in [6.07, 6.45) is 2.19. The van der Waals surface area contributed by atoms with Crippen molar-refractivity contribution in [2.75, 3.05) is 13.1 Å². The highest BCUT2D eigenvalue weighted by atomic mass is 79.9. The number of hydrogen-bond acceptors (Lipinski definition) is 2. The first-order valence-electron chi connectivity index (χ1n) is 6.95. The van der Waals surface area contributed by atoms with E-state index in [-0.39, 0.29) is 17.9 Å². The lowest BCUT2D eigenvalue weighted by Gasteiger charge is -2.32. The lowest BCUT2D eigenvalue weighted by molar-refractivity contribution is -0.131. The number of hydrogen-bond donors (Lipinski definition) is 1. The zero-order chi connectivity index (χ0) is 14.5. The van der Waals surface area contributed by atoms with Gasteiger partial charge < -0.3 is 10.2 Å². The first-order chi connectivity index (χ1) is 9.61. The summed E-state index contributed by atoms with van der Waals surface area (Å²) in [4.78, 5) is 25.7. The van der Waals surface area contributed by atoms with Gasteiger partial charge in [-0.2, -0.15) is 0 Å². The van der Waals surface area contributed by atoms with E-state index >= 15 is 0 Å². The predicted octanol–water partition coefficient (Wildman–Crippen LogP) is 2.58. The maximum Gasteiger partial charge on any atom is 0.252 e. The van der Waals surface area contributed by atoms with Gasteiger partial charge >= 0.3 is 0 Å². The summed E-state index contributed by atoms with van der Waals surface area (Å²) in [6.45, 7) is 3.34. The van der Waals surface area contributed by atoms with Crippen LogP contribution in [-0.4, -0.2) is 35.8 Å². The summed E-state index contributed by atoms with van der Waals surface area (Å²) in [6, 6.07) is 7.54. The third-order valence-electron chi connectivity index (χ3n) is 3.60. The molecule has 1 aliphatic rings. The molecule has 0 saturated carbocycles. The number of carbonyl (C=O) groups excluding carboxylic acids is 2. The van der Waals surface area contributed by atoms with Gasteiger partial charge in [0.15, 0.2) is 0 Å². The second kappa shape index (κ2) is 6.88. The Morgan fingerprint density at radius 3 is 2.55 bits per heavy atom. The van der Waals surface area contributed by atoms with Crippen LogP contribution in [0, 0.1) is 0 Å². The molecule has 2 amide bonds. The monoisotopic (exact) mass is 338 g/mol. The van der Waals surface area contributed by atoms with E-state index in [1.165, 1.54) is 0 Å². The summed E-state index contributed by atoms with van der Waals surface area (Å²) in [5, 5.41) is 3.05. The maximum absolute atomic E-state index is 12.2. The van der Waals surface area contributed by atoms with Crippen molar-refractivity contribution in [1.82, 2.24) is 10.2 Å². The molecule has 1 aromatic carbocycles. The Morgan fingerprint density at radius 1 is 1.30 bits per heavy atom. The minimum Gasteiger partial charge on any atom is -0.349 e. The van der Waals surface area contributed by atoms with Crippen molar-refractivity contribution in [3.8, 4) is 0 Å². The van der Waals surface area contributed by atoms with Gasteiger partial charge in [0.05, 0.1) is 5.56 Å². The maximum atomic E-state index is 12.2. The smallest absolute Gasteiger partial charge is 0.252 e. The van der Waals surface area contributed by atoms with Gasteiger partial charge in [0.2, 0.25) is 5.91 Å². The predicted molar refractivity (Wildman–Crippen MR) is 81.5 cm³/mol. The van der Waals surface area contributed by atoms with E-state index in [1.807, 2.05) is 30.0 Å². The molecule has 1 heterocycles. The van der Waals surface area contributed by atoms with Gasteiger partial charge in [-0.05, 0) is 40.9 Å².